The predicted octanol–water partition coefficient (Wildman–Crippen LogP) is 1.90. The predicted molar refractivity (Wildman–Crippen MR) is 37.1 cm³/mol. The molecule has 46 valence electrons. The Labute approximate surface area is 58.7 Å². The van der Waals surface area contributed by atoms with Crippen LogP contribution in [-0.4, -0.2) is 20.2 Å². The molecule has 0 aromatic heterocycles. The third-order valence-electron chi connectivity index (χ3n) is 0.859. The number of hydrogen-bond donors (Lipinski definition) is 0. The van der Waals surface area contributed by atoms with Crippen LogP contribution in [0.25, 0.3) is 0 Å². The van der Waals surface area contributed by atoms with Gasteiger partial charge in [-0.15, -0.1) is 0 Å². The van der Waals surface area contributed by atoms with Gasteiger partial charge < -0.3 is 0 Å². The Hall–Kier alpha value is 0.308. The monoisotopic (exact) mass is 219 g/mol. The molecule has 0 aliphatic heterocycles. The van der Waals surface area contributed by atoms with Crippen molar-refractivity contribution in [2.75, 3.05) is 0 Å². The summed E-state index contributed by atoms with van der Waals surface area (Å²) in [7, 11) is 0. The fourth-order valence-electron chi connectivity index (χ4n) is 0.589. The third-order valence-corrected chi connectivity index (χ3v) is 4.51. The van der Waals surface area contributed by atoms with Crippen molar-refractivity contribution < 1.29 is 0 Å². The Morgan fingerprint density at radius 3 is 2.25 bits per heavy atom. The summed E-state index contributed by atoms with van der Waals surface area (Å²) < 4.78 is 1.21. The molecule has 0 aliphatic carbocycles. The van der Waals surface area contributed by atoms with Crippen molar-refractivity contribution in [3.8, 4) is 6.07 Å². The second kappa shape index (κ2) is 4.21. The van der Waals surface area contributed by atoms with Gasteiger partial charge >= 0.3 is 58.5 Å². The van der Waals surface area contributed by atoms with Gasteiger partial charge in [0.15, 0.2) is 0 Å². The normalized spacial score (nSPS) is 13.4. The van der Waals surface area contributed by atoms with Crippen LogP contribution in [0, 0.1) is 17.2 Å². The van der Waals surface area contributed by atoms with E-state index in [1.54, 1.807) is 0 Å². The Morgan fingerprint density at radius 1 is 1.62 bits per heavy atom. The minimum atomic E-state index is -0.829. The average Bonchev–Trinajstić information content (AvgIpc) is 1.65. The summed E-state index contributed by atoms with van der Waals surface area (Å²) in [5.41, 5.74) is 0. The number of hydrogen-bond acceptors (Lipinski definition) is 1. The van der Waals surface area contributed by atoms with Crippen molar-refractivity contribution in [1.82, 2.24) is 0 Å². The van der Waals surface area contributed by atoms with E-state index in [9.17, 15) is 0 Å². The molecule has 0 aromatic rings. The van der Waals surface area contributed by atoms with Crippen LogP contribution in [0.3, 0.4) is 0 Å². The molecule has 0 bridgehead atoms. The molecule has 0 fully saturated rings. The van der Waals surface area contributed by atoms with E-state index in [1.807, 2.05) is 6.92 Å². The van der Waals surface area contributed by atoms with Gasteiger partial charge in [-0.1, -0.05) is 0 Å². The van der Waals surface area contributed by atoms with Crippen molar-refractivity contribution in [3.05, 3.63) is 0 Å². The van der Waals surface area contributed by atoms with Gasteiger partial charge in [0.1, 0.15) is 0 Å². The van der Waals surface area contributed by atoms with Crippen molar-refractivity contribution in [2.24, 2.45) is 5.92 Å². The van der Waals surface area contributed by atoms with Crippen molar-refractivity contribution >= 4 is 20.2 Å². The maximum atomic E-state index is 8.36. The first-order chi connectivity index (χ1) is 3.66. The van der Waals surface area contributed by atoms with Crippen LogP contribution < -0.4 is 0 Å². The van der Waals surface area contributed by atoms with E-state index in [0.717, 1.165) is 0 Å². The van der Waals surface area contributed by atoms with Gasteiger partial charge in [-0.25, -0.2) is 0 Å². The molecule has 0 N–H and O–H groups in total. The zero-order chi connectivity index (χ0) is 6.57. The van der Waals surface area contributed by atoms with Gasteiger partial charge in [-0.2, -0.15) is 0 Å². The average molecular weight is 220 g/mol. The van der Waals surface area contributed by atoms with Crippen LogP contribution >= 0.6 is 0 Å². The quantitative estimate of drug-likeness (QED) is 0.652. The molecule has 0 amide bonds. The molecule has 0 saturated carbocycles. The van der Waals surface area contributed by atoms with Crippen LogP contribution in [0.2, 0.25) is 14.1 Å². The van der Waals surface area contributed by atoms with Crippen LogP contribution in [0.4, 0.5) is 0 Å². The van der Waals surface area contributed by atoms with E-state index >= 15 is 0 Å². The molecule has 8 heavy (non-hydrogen) atoms. The van der Waals surface area contributed by atoms with Crippen molar-refractivity contribution in [1.29, 1.82) is 5.26 Å². The van der Waals surface area contributed by atoms with Crippen molar-refractivity contribution in [2.45, 2.75) is 21.0 Å². The van der Waals surface area contributed by atoms with E-state index in [1.165, 1.54) is 4.37 Å². The first kappa shape index (κ1) is 8.31. The van der Waals surface area contributed by atoms with E-state index in [-0.39, 0.29) is 0 Å². The first-order valence-corrected chi connectivity index (χ1v) is 9.62. The van der Waals surface area contributed by atoms with Crippen LogP contribution in [-0.2, 0) is 0 Å². The molecule has 0 spiro atoms. The third kappa shape index (κ3) is 4.47. The van der Waals surface area contributed by atoms with Crippen LogP contribution in [0.5, 0.6) is 0 Å². The molecular formula is C6H12NSb. The van der Waals surface area contributed by atoms with Gasteiger partial charge in [0.25, 0.3) is 0 Å². The SMILES string of the molecule is CC(C#N)[CH2][Sb]([CH3])[CH3]. The summed E-state index contributed by atoms with van der Waals surface area (Å²) in [5, 5.41) is 8.36. The standard InChI is InChI=1S/C4H6N.2CH3.Sb/c1-4(2)3-5;;;/h4H,1H2,2H3;2*1H3;. The van der Waals surface area contributed by atoms with Gasteiger partial charge in [-0.05, 0) is 0 Å². The minimum absolute atomic E-state index is 0.313. The van der Waals surface area contributed by atoms with E-state index in [4.69, 9.17) is 5.26 Å². The Kier molecular flexibility index (Phi) is 4.38. The summed E-state index contributed by atoms with van der Waals surface area (Å²) >= 11 is -0.829. The number of rotatable bonds is 2. The first-order valence-electron chi connectivity index (χ1n) is 2.71. The molecule has 0 rings (SSSR count). The van der Waals surface area contributed by atoms with E-state index in [2.05, 4.69) is 15.8 Å². The summed E-state index contributed by atoms with van der Waals surface area (Å²) in [6.45, 7) is 2.00. The molecule has 0 aromatic carbocycles. The van der Waals surface area contributed by atoms with Crippen molar-refractivity contribution in [3.63, 3.8) is 0 Å². The molecule has 2 heteroatoms. The van der Waals surface area contributed by atoms with Gasteiger partial charge in [-0.3, -0.25) is 0 Å². The van der Waals surface area contributed by atoms with Gasteiger partial charge in [0.2, 0.25) is 0 Å². The zero-order valence-corrected chi connectivity index (χ0v) is 8.23. The Balaban J connectivity index is 3.28. The number of nitrogens with zero attached hydrogens (tertiary/aromatic N) is 1. The zero-order valence-electron chi connectivity index (χ0n) is 5.68. The maximum absolute atomic E-state index is 8.36. The fraction of sp³-hybridized carbons (Fsp3) is 0.833. The summed E-state index contributed by atoms with van der Waals surface area (Å²) in [6, 6.07) is 2.24. The molecule has 0 saturated heterocycles. The Bertz CT molecular complexity index is 93.2. The van der Waals surface area contributed by atoms with Crippen LogP contribution in [0.15, 0.2) is 0 Å². The summed E-state index contributed by atoms with van der Waals surface area (Å²) in [6.07, 6.45) is 0. The molecule has 0 radical (unpaired) electrons. The van der Waals surface area contributed by atoms with Gasteiger partial charge in [0.05, 0.1) is 0 Å². The summed E-state index contributed by atoms with van der Waals surface area (Å²) in [5.74, 6) is 0.313. The molecular weight excluding hydrogens is 208 g/mol. The molecule has 1 unspecified atom stereocenters. The number of nitriles is 1. The Morgan fingerprint density at radius 2 is 2.12 bits per heavy atom. The second-order valence-electron chi connectivity index (χ2n) is 2.29. The fourth-order valence-corrected chi connectivity index (χ4v) is 3.95. The van der Waals surface area contributed by atoms with Crippen LogP contribution in [0.1, 0.15) is 6.92 Å². The molecule has 1 atom stereocenters. The van der Waals surface area contributed by atoms with Gasteiger partial charge in [0, 0.05) is 0 Å². The second-order valence-corrected chi connectivity index (χ2v) is 9.50. The summed E-state index contributed by atoms with van der Waals surface area (Å²) in [4.78, 5) is 4.63. The molecule has 1 nitrogen and oxygen atoms in total. The molecule has 0 heterocycles. The van der Waals surface area contributed by atoms with E-state index < -0.39 is 20.2 Å². The molecule has 0 aliphatic rings. The van der Waals surface area contributed by atoms with E-state index in [0.29, 0.717) is 5.92 Å². The topological polar surface area (TPSA) is 23.8 Å².